The molecule has 0 aromatic carbocycles. The monoisotopic (exact) mass is 278 g/mol. The van der Waals surface area contributed by atoms with E-state index >= 15 is 0 Å². The van der Waals surface area contributed by atoms with Gasteiger partial charge in [0.2, 0.25) is 5.95 Å². The van der Waals surface area contributed by atoms with E-state index in [1.807, 2.05) is 18.3 Å². The van der Waals surface area contributed by atoms with E-state index in [1.54, 1.807) is 6.20 Å². The first-order valence-corrected chi connectivity index (χ1v) is 6.06. The molecule has 0 bridgehead atoms. The molecular formula is C11H11BrN4. The Morgan fingerprint density at radius 3 is 3.12 bits per heavy atom. The molecule has 0 aliphatic carbocycles. The number of nitrogens with zero attached hydrogens (tertiary/aromatic N) is 3. The molecule has 3 heterocycles. The summed E-state index contributed by atoms with van der Waals surface area (Å²) in [6.45, 7) is 2.01. The molecule has 82 valence electrons. The predicted molar refractivity (Wildman–Crippen MR) is 66.3 cm³/mol. The lowest BCUT2D eigenvalue weighted by Gasteiger charge is -2.15. The number of imidazole rings is 1. The van der Waals surface area contributed by atoms with Crippen LogP contribution in [0.4, 0.5) is 5.95 Å². The number of aromatic nitrogens is 3. The van der Waals surface area contributed by atoms with Gasteiger partial charge < -0.3 is 9.88 Å². The van der Waals surface area contributed by atoms with Crippen molar-refractivity contribution in [3.05, 3.63) is 29.1 Å². The van der Waals surface area contributed by atoms with Crippen molar-refractivity contribution in [2.75, 3.05) is 11.9 Å². The van der Waals surface area contributed by atoms with Gasteiger partial charge >= 0.3 is 0 Å². The van der Waals surface area contributed by atoms with Gasteiger partial charge in [0.25, 0.3) is 0 Å². The maximum Gasteiger partial charge on any atom is 0.204 e. The fraction of sp³-hybridized carbons (Fsp3) is 0.273. The third kappa shape index (κ3) is 1.51. The highest BCUT2D eigenvalue weighted by molar-refractivity contribution is 9.10. The first kappa shape index (κ1) is 9.84. The fourth-order valence-corrected chi connectivity index (χ4v) is 2.56. The van der Waals surface area contributed by atoms with Gasteiger partial charge in [-0.25, -0.2) is 4.98 Å². The zero-order chi connectivity index (χ0) is 11.0. The Morgan fingerprint density at radius 2 is 2.38 bits per heavy atom. The highest BCUT2D eigenvalue weighted by atomic mass is 79.9. The minimum Gasteiger partial charge on any atom is -0.356 e. The summed E-state index contributed by atoms with van der Waals surface area (Å²) in [5.74, 6) is 0.942. The number of nitrogens with one attached hydrogen (secondary N) is 1. The Hall–Kier alpha value is -1.36. The standard InChI is InChI=1S/C11H11BrN4/c12-10-9(8-3-1-4-13-7-8)15-11-14-5-2-6-16(10)11/h1,3-4,7H,2,5-6H2,(H,14,15). The second-order valence-corrected chi connectivity index (χ2v) is 4.50. The molecule has 1 aliphatic rings. The lowest BCUT2D eigenvalue weighted by atomic mass is 10.2. The van der Waals surface area contributed by atoms with Crippen LogP contribution in [-0.2, 0) is 6.54 Å². The van der Waals surface area contributed by atoms with Crippen molar-refractivity contribution in [2.24, 2.45) is 0 Å². The van der Waals surface area contributed by atoms with Crippen LogP contribution in [0.5, 0.6) is 0 Å². The molecule has 0 unspecified atom stereocenters. The molecule has 0 saturated carbocycles. The Labute approximate surface area is 102 Å². The van der Waals surface area contributed by atoms with E-state index in [-0.39, 0.29) is 0 Å². The predicted octanol–water partition coefficient (Wildman–Crippen LogP) is 2.52. The largest absolute Gasteiger partial charge is 0.356 e. The van der Waals surface area contributed by atoms with Gasteiger partial charge in [-0.1, -0.05) is 0 Å². The van der Waals surface area contributed by atoms with Crippen molar-refractivity contribution >= 4 is 21.9 Å². The first-order chi connectivity index (χ1) is 7.86. The number of hydrogen-bond acceptors (Lipinski definition) is 3. The fourth-order valence-electron chi connectivity index (χ4n) is 1.90. The van der Waals surface area contributed by atoms with Crippen LogP contribution in [0.2, 0.25) is 0 Å². The number of fused-ring (bicyclic) bond motifs is 1. The Morgan fingerprint density at radius 1 is 1.44 bits per heavy atom. The van der Waals surface area contributed by atoms with Crippen LogP contribution in [-0.4, -0.2) is 21.1 Å². The van der Waals surface area contributed by atoms with Crippen LogP contribution >= 0.6 is 15.9 Å². The maximum atomic E-state index is 4.59. The molecular weight excluding hydrogens is 268 g/mol. The van der Waals surface area contributed by atoms with E-state index < -0.39 is 0 Å². The Bertz CT molecular complexity index is 506. The zero-order valence-electron chi connectivity index (χ0n) is 8.65. The molecule has 3 rings (SSSR count). The molecule has 1 aliphatic heterocycles. The van der Waals surface area contributed by atoms with Gasteiger partial charge in [-0.2, -0.15) is 0 Å². The van der Waals surface area contributed by atoms with E-state index in [1.165, 1.54) is 0 Å². The Kier molecular flexibility index (Phi) is 2.40. The minimum absolute atomic E-state index is 0.942. The second-order valence-electron chi connectivity index (χ2n) is 3.75. The molecule has 1 N–H and O–H groups in total. The third-order valence-corrected chi connectivity index (χ3v) is 3.49. The molecule has 5 heteroatoms. The molecule has 0 saturated heterocycles. The van der Waals surface area contributed by atoms with Crippen LogP contribution in [0, 0.1) is 0 Å². The van der Waals surface area contributed by atoms with Gasteiger partial charge in [-0.3, -0.25) is 4.98 Å². The van der Waals surface area contributed by atoms with E-state index in [9.17, 15) is 0 Å². The van der Waals surface area contributed by atoms with Crippen molar-refractivity contribution < 1.29 is 0 Å². The summed E-state index contributed by atoms with van der Waals surface area (Å²) in [6.07, 6.45) is 4.74. The SMILES string of the molecule is Brc1c(-c2cccnc2)nc2n1CCCN2. The highest BCUT2D eigenvalue weighted by Crippen LogP contribution is 2.31. The molecule has 2 aromatic rings. The third-order valence-electron chi connectivity index (χ3n) is 2.68. The van der Waals surface area contributed by atoms with Crippen molar-refractivity contribution in [1.29, 1.82) is 0 Å². The van der Waals surface area contributed by atoms with E-state index in [0.717, 1.165) is 41.3 Å². The molecule has 0 fully saturated rings. The lowest BCUT2D eigenvalue weighted by molar-refractivity contribution is 0.618. The molecule has 16 heavy (non-hydrogen) atoms. The molecule has 0 spiro atoms. The number of hydrogen-bond donors (Lipinski definition) is 1. The number of halogens is 1. The highest BCUT2D eigenvalue weighted by Gasteiger charge is 2.18. The van der Waals surface area contributed by atoms with Gasteiger partial charge in [-0.05, 0) is 34.5 Å². The van der Waals surface area contributed by atoms with Crippen LogP contribution in [0.3, 0.4) is 0 Å². The van der Waals surface area contributed by atoms with Gasteiger partial charge in [0, 0.05) is 31.0 Å². The normalized spacial score (nSPS) is 14.3. The lowest BCUT2D eigenvalue weighted by Crippen LogP contribution is -2.17. The quantitative estimate of drug-likeness (QED) is 0.872. The van der Waals surface area contributed by atoms with Crippen LogP contribution < -0.4 is 5.32 Å². The van der Waals surface area contributed by atoms with Crippen molar-refractivity contribution in [3.63, 3.8) is 0 Å². The van der Waals surface area contributed by atoms with Gasteiger partial charge in [0.15, 0.2) is 0 Å². The average molecular weight is 279 g/mol. The second kappa shape index (κ2) is 3.90. The van der Waals surface area contributed by atoms with Gasteiger partial charge in [-0.15, -0.1) is 0 Å². The summed E-state index contributed by atoms with van der Waals surface area (Å²) in [5.41, 5.74) is 2.00. The number of rotatable bonds is 1. The van der Waals surface area contributed by atoms with Crippen molar-refractivity contribution in [1.82, 2.24) is 14.5 Å². The van der Waals surface area contributed by atoms with Crippen LogP contribution in [0.15, 0.2) is 29.1 Å². The summed E-state index contributed by atoms with van der Waals surface area (Å²) >= 11 is 3.61. The van der Waals surface area contributed by atoms with Gasteiger partial charge in [0.1, 0.15) is 10.3 Å². The van der Waals surface area contributed by atoms with E-state index in [2.05, 4.69) is 35.8 Å². The van der Waals surface area contributed by atoms with Crippen molar-refractivity contribution in [2.45, 2.75) is 13.0 Å². The van der Waals surface area contributed by atoms with Gasteiger partial charge in [0.05, 0.1) is 0 Å². The van der Waals surface area contributed by atoms with E-state index in [0.29, 0.717) is 0 Å². The molecule has 2 aromatic heterocycles. The smallest absolute Gasteiger partial charge is 0.204 e. The minimum atomic E-state index is 0.942. The first-order valence-electron chi connectivity index (χ1n) is 5.26. The number of pyridine rings is 1. The summed E-state index contributed by atoms with van der Waals surface area (Å²) in [5, 5.41) is 3.30. The summed E-state index contributed by atoms with van der Waals surface area (Å²) < 4.78 is 3.19. The molecule has 0 amide bonds. The van der Waals surface area contributed by atoms with Crippen LogP contribution in [0.1, 0.15) is 6.42 Å². The number of anilines is 1. The molecule has 4 nitrogen and oxygen atoms in total. The average Bonchev–Trinajstić information content (AvgIpc) is 2.69. The summed E-state index contributed by atoms with van der Waals surface area (Å²) in [7, 11) is 0. The maximum absolute atomic E-state index is 4.59. The zero-order valence-corrected chi connectivity index (χ0v) is 10.2. The summed E-state index contributed by atoms with van der Waals surface area (Å²) in [4.78, 5) is 8.70. The van der Waals surface area contributed by atoms with E-state index in [4.69, 9.17) is 0 Å². The molecule has 0 atom stereocenters. The topological polar surface area (TPSA) is 42.7 Å². The molecule has 0 radical (unpaired) electrons. The Balaban J connectivity index is 2.12. The van der Waals surface area contributed by atoms with Crippen LogP contribution in [0.25, 0.3) is 11.3 Å². The summed E-state index contributed by atoms with van der Waals surface area (Å²) in [6, 6.07) is 3.94. The van der Waals surface area contributed by atoms with Crippen molar-refractivity contribution in [3.8, 4) is 11.3 Å².